The van der Waals surface area contributed by atoms with Crippen LogP contribution in [0.1, 0.15) is 12.5 Å². The lowest BCUT2D eigenvalue weighted by Gasteiger charge is -2.23. The van der Waals surface area contributed by atoms with Crippen molar-refractivity contribution in [1.82, 2.24) is 10.2 Å². The molecule has 98 valence electrons. The zero-order valence-electron chi connectivity index (χ0n) is 10.8. The van der Waals surface area contributed by atoms with E-state index in [0.717, 1.165) is 25.7 Å². The molecule has 0 heterocycles. The van der Waals surface area contributed by atoms with Gasteiger partial charge in [0.25, 0.3) is 6.20 Å². The van der Waals surface area contributed by atoms with Crippen molar-refractivity contribution in [3.05, 3.63) is 58.0 Å². The third-order valence-electron chi connectivity index (χ3n) is 2.72. The number of nitrogens with zero attached hydrogens (tertiary/aromatic N) is 2. The van der Waals surface area contributed by atoms with Gasteiger partial charge in [0, 0.05) is 20.1 Å². The third-order valence-corrected chi connectivity index (χ3v) is 2.72. The fourth-order valence-corrected chi connectivity index (χ4v) is 1.76. The maximum absolute atomic E-state index is 10.5. The molecule has 0 aliphatic heterocycles. The SMILES string of the molecule is CCN(CCc1ccccc1)C(=C[N+](=O)[O-])NC. The molecule has 0 saturated carbocycles. The van der Waals surface area contributed by atoms with Crippen LogP contribution >= 0.6 is 0 Å². The molecule has 0 bridgehead atoms. The molecular weight excluding hydrogens is 230 g/mol. The fraction of sp³-hybridized carbons (Fsp3) is 0.385. The molecule has 0 spiro atoms. The van der Waals surface area contributed by atoms with E-state index in [1.54, 1.807) is 7.05 Å². The summed E-state index contributed by atoms with van der Waals surface area (Å²) in [6.45, 7) is 3.46. The molecule has 0 atom stereocenters. The van der Waals surface area contributed by atoms with E-state index >= 15 is 0 Å². The van der Waals surface area contributed by atoms with Crippen molar-refractivity contribution in [2.45, 2.75) is 13.3 Å². The first kappa shape index (κ1) is 14.0. The van der Waals surface area contributed by atoms with E-state index in [4.69, 9.17) is 0 Å². The van der Waals surface area contributed by atoms with Crippen LogP contribution in [0.3, 0.4) is 0 Å². The van der Waals surface area contributed by atoms with Crippen LogP contribution in [0.2, 0.25) is 0 Å². The quantitative estimate of drug-likeness (QED) is 0.592. The van der Waals surface area contributed by atoms with Gasteiger partial charge in [-0.2, -0.15) is 0 Å². The van der Waals surface area contributed by atoms with Gasteiger partial charge in [-0.15, -0.1) is 0 Å². The molecule has 0 aliphatic carbocycles. The summed E-state index contributed by atoms with van der Waals surface area (Å²) in [7, 11) is 1.69. The van der Waals surface area contributed by atoms with Crippen molar-refractivity contribution in [1.29, 1.82) is 0 Å². The van der Waals surface area contributed by atoms with Crippen LogP contribution in [0.25, 0.3) is 0 Å². The second-order valence-electron chi connectivity index (χ2n) is 3.86. The number of hydrogen-bond acceptors (Lipinski definition) is 4. The van der Waals surface area contributed by atoms with Crippen LogP contribution in [-0.2, 0) is 6.42 Å². The first-order valence-electron chi connectivity index (χ1n) is 5.99. The van der Waals surface area contributed by atoms with Crippen molar-refractivity contribution in [2.75, 3.05) is 20.1 Å². The van der Waals surface area contributed by atoms with Gasteiger partial charge in [0.05, 0.1) is 4.92 Å². The molecule has 1 N–H and O–H groups in total. The lowest BCUT2D eigenvalue weighted by molar-refractivity contribution is -0.404. The van der Waals surface area contributed by atoms with Crippen molar-refractivity contribution in [2.24, 2.45) is 0 Å². The van der Waals surface area contributed by atoms with E-state index in [9.17, 15) is 10.1 Å². The van der Waals surface area contributed by atoms with Crippen LogP contribution < -0.4 is 5.32 Å². The Morgan fingerprint density at radius 2 is 2.11 bits per heavy atom. The minimum atomic E-state index is -0.434. The summed E-state index contributed by atoms with van der Waals surface area (Å²) >= 11 is 0. The summed E-state index contributed by atoms with van der Waals surface area (Å²) in [6, 6.07) is 10.1. The van der Waals surface area contributed by atoms with E-state index in [-0.39, 0.29) is 0 Å². The highest BCUT2D eigenvalue weighted by Gasteiger charge is 2.09. The monoisotopic (exact) mass is 249 g/mol. The van der Waals surface area contributed by atoms with Gasteiger partial charge in [-0.05, 0) is 18.9 Å². The van der Waals surface area contributed by atoms with E-state index in [1.807, 2.05) is 30.0 Å². The predicted molar refractivity (Wildman–Crippen MR) is 71.5 cm³/mol. The Hall–Kier alpha value is -2.04. The Labute approximate surface area is 107 Å². The first-order valence-corrected chi connectivity index (χ1v) is 5.99. The minimum absolute atomic E-state index is 0.434. The molecule has 5 heteroatoms. The average Bonchev–Trinajstić information content (AvgIpc) is 2.38. The van der Waals surface area contributed by atoms with Crippen molar-refractivity contribution >= 4 is 0 Å². The van der Waals surface area contributed by atoms with Gasteiger partial charge in [-0.25, -0.2) is 0 Å². The van der Waals surface area contributed by atoms with Crippen LogP contribution in [0, 0.1) is 10.1 Å². The third kappa shape index (κ3) is 4.45. The van der Waals surface area contributed by atoms with Gasteiger partial charge in [-0.3, -0.25) is 10.1 Å². The van der Waals surface area contributed by atoms with Crippen molar-refractivity contribution in [3.63, 3.8) is 0 Å². The Morgan fingerprint density at radius 1 is 1.44 bits per heavy atom. The van der Waals surface area contributed by atoms with Crippen molar-refractivity contribution in [3.8, 4) is 0 Å². The van der Waals surface area contributed by atoms with Gasteiger partial charge in [0.15, 0.2) is 5.82 Å². The second-order valence-corrected chi connectivity index (χ2v) is 3.86. The molecule has 0 saturated heterocycles. The number of likely N-dealkylation sites (N-methyl/N-ethyl adjacent to an activating group) is 1. The first-order chi connectivity index (χ1) is 8.67. The topological polar surface area (TPSA) is 58.4 Å². The average molecular weight is 249 g/mol. The Bertz CT molecular complexity index is 404. The smallest absolute Gasteiger partial charge is 0.274 e. The van der Waals surface area contributed by atoms with E-state index in [2.05, 4.69) is 17.4 Å². The normalized spacial score (nSPS) is 11.1. The molecule has 1 rings (SSSR count). The zero-order valence-corrected chi connectivity index (χ0v) is 10.8. The maximum atomic E-state index is 10.5. The van der Waals surface area contributed by atoms with Crippen LogP contribution in [0.4, 0.5) is 0 Å². The van der Waals surface area contributed by atoms with Crippen LogP contribution in [0.5, 0.6) is 0 Å². The number of nitro groups is 1. The number of nitrogens with one attached hydrogen (secondary N) is 1. The maximum Gasteiger partial charge on any atom is 0.274 e. The minimum Gasteiger partial charge on any atom is -0.370 e. The highest BCUT2D eigenvalue weighted by molar-refractivity contribution is 5.15. The molecule has 1 aromatic carbocycles. The van der Waals surface area contributed by atoms with E-state index < -0.39 is 4.92 Å². The van der Waals surface area contributed by atoms with Gasteiger partial charge >= 0.3 is 0 Å². The summed E-state index contributed by atoms with van der Waals surface area (Å²) in [5.74, 6) is 0.540. The lowest BCUT2D eigenvalue weighted by Crippen LogP contribution is -2.32. The van der Waals surface area contributed by atoms with Crippen LogP contribution in [0.15, 0.2) is 42.4 Å². The van der Waals surface area contributed by atoms with Gasteiger partial charge in [0.2, 0.25) is 0 Å². The molecule has 0 aliphatic rings. The molecule has 1 aromatic rings. The molecule has 0 amide bonds. The molecule has 0 fully saturated rings. The van der Waals surface area contributed by atoms with Crippen LogP contribution in [-0.4, -0.2) is 30.0 Å². The lowest BCUT2D eigenvalue weighted by atomic mass is 10.1. The Balaban J connectivity index is 2.64. The predicted octanol–water partition coefficient (Wildman–Crippen LogP) is 1.85. The summed E-state index contributed by atoms with van der Waals surface area (Å²) in [5, 5.41) is 13.4. The Morgan fingerprint density at radius 3 is 2.61 bits per heavy atom. The second kappa shape index (κ2) is 7.32. The highest BCUT2D eigenvalue weighted by Crippen LogP contribution is 2.05. The van der Waals surface area contributed by atoms with E-state index in [1.165, 1.54) is 5.56 Å². The molecular formula is C13H19N3O2. The number of hydrogen-bond donors (Lipinski definition) is 1. The molecule has 0 aromatic heterocycles. The van der Waals surface area contributed by atoms with E-state index in [0.29, 0.717) is 5.82 Å². The number of benzene rings is 1. The zero-order chi connectivity index (χ0) is 13.4. The highest BCUT2D eigenvalue weighted by atomic mass is 16.6. The molecule has 18 heavy (non-hydrogen) atoms. The largest absolute Gasteiger partial charge is 0.370 e. The standard InChI is InChI=1S/C13H19N3O2/c1-3-15(13(14-2)11-16(17)18)10-9-12-7-5-4-6-8-12/h4-8,11,14H,3,9-10H2,1-2H3. The fourth-order valence-electron chi connectivity index (χ4n) is 1.76. The summed E-state index contributed by atoms with van der Waals surface area (Å²) in [4.78, 5) is 12.0. The van der Waals surface area contributed by atoms with Gasteiger partial charge < -0.3 is 10.2 Å². The Kier molecular flexibility index (Phi) is 5.70. The summed E-state index contributed by atoms with van der Waals surface area (Å²) in [6.07, 6.45) is 1.87. The molecule has 0 radical (unpaired) electrons. The van der Waals surface area contributed by atoms with Crippen molar-refractivity contribution < 1.29 is 4.92 Å². The van der Waals surface area contributed by atoms with Gasteiger partial charge in [0.1, 0.15) is 0 Å². The number of rotatable bonds is 7. The summed E-state index contributed by atoms with van der Waals surface area (Å²) in [5.41, 5.74) is 1.23. The molecule has 5 nitrogen and oxygen atoms in total. The van der Waals surface area contributed by atoms with Gasteiger partial charge in [-0.1, -0.05) is 30.3 Å². The summed E-state index contributed by atoms with van der Waals surface area (Å²) < 4.78 is 0. The molecule has 0 unspecified atom stereocenters.